The van der Waals surface area contributed by atoms with Crippen molar-refractivity contribution >= 4 is 27.6 Å². The fourth-order valence-corrected chi connectivity index (χ4v) is 3.29. The van der Waals surface area contributed by atoms with Crippen LogP contribution >= 0.6 is 0 Å². The highest BCUT2D eigenvalue weighted by molar-refractivity contribution is 7.92. The zero-order valence-electron chi connectivity index (χ0n) is 14.8. The van der Waals surface area contributed by atoms with Gasteiger partial charge in [-0.1, -0.05) is 17.7 Å². The van der Waals surface area contributed by atoms with Crippen LogP contribution in [0.15, 0.2) is 71.8 Å². The number of rotatable bonds is 6. The van der Waals surface area contributed by atoms with Crippen LogP contribution in [0.3, 0.4) is 0 Å². The smallest absolute Gasteiger partial charge is 0.409 e. The van der Waals surface area contributed by atoms with Gasteiger partial charge in [0.2, 0.25) is 0 Å². The molecular formula is C19H17N3O5S. The molecule has 3 aromatic rings. The number of aryl methyl sites for hydroxylation is 1. The third kappa shape index (κ3) is 4.98. The molecule has 0 unspecified atom stereocenters. The number of aromatic nitrogens is 1. The normalized spacial score (nSPS) is 10.9. The number of amides is 1. The molecule has 0 fully saturated rings. The van der Waals surface area contributed by atoms with E-state index in [2.05, 4.69) is 15.0 Å². The van der Waals surface area contributed by atoms with E-state index in [0.29, 0.717) is 17.2 Å². The molecule has 0 aliphatic carbocycles. The number of hydrogen-bond acceptors (Lipinski definition) is 5. The maximum Gasteiger partial charge on any atom is 0.409 e. The lowest BCUT2D eigenvalue weighted by atomic mass is 10.2. The number of anilines is 2. The Morgan fingerprint density at radius 3 is 2.18 bits per heavy atom. The molecule has 0 atom stereocenters. The molecule has 8 nitrogen and oxygen atoms in total. The quantitative estimate of drug-likeness (QED) is 0.575. The van der Waals surface area contributed by atoms with Crippen molar-refractivity contribution in [1.29, 1.82) is 0 Å². The molecule has 0 radical (unpaired) electrons. The largest absolute Gasteiger partial charge is 0.465 e. The van der Waals surface area contributed by atoms with E-state index in [1.165, 1.54) is 24.4 Å². The average Bonchev–Trinajstić information content (AvgIpc) is 2.65. The highest BCUT2D eigenvalue weighted by atomic mass is 32.2. The summed E-state index contributed by atoms with van der Waals surface area (Å²) in [5.41, 5.74) is 1.38. The van der Waals surface area contributed by atoms with Crippen molar-refractivity contribution in [2.24, 2.45) is 0 Å². The number of carbonyl (C=O) groups is 1. The fraction of sp³-hybridized carbons (Fsp3) is 0.0526. The van der Waals surface area contributed by atoms with Gasteiger partial charge in [-0.25, -0.2) is 18.2 Å². The lowest BCUT2D eigenvalue weighted by molar-refractivity contribution is 0.209. The first-order valence-electron chi connectivity index (χ1n) is 8.15. The van der Waals surface area contributed by atoms with Crippen molar-refractivity contribution in [3.05, 3.63) is 72.4 Å². The number of ether oxygens (including phenoxy) is 1. The topological polar surface area (TPSA) is 118 Å². The standard InChI is InChI=1S/C19H17N3O5S/c1-13-2-9-17(10-3-13)28(25,26)22-18-11-8-16(12-20-18)27-15-6-4-14(5-7-15)21-19(23)24/h2-12,21H,1H3,(H,20,22)(H,23,24). The highest BCUT2D eigenvalue weighted by Gasteiger charge is 2.14. The Morgan fingerprint density at radius 1 is 0.964 bits per heavy atom. The summed E-state index contributed by atoms with van der Waals surface area (Å²) in [6.45, 7) is 1.88. The van der Waals surface area contributed by atoms with E-state index in [-0.39, 0.29) is 10.7 Å². The fourth-order valence-electron chi connectivity index (χ4n) is 2.28. The van der Waals surface area contributed by atoms with Crippen LogP contribution in [0.5, 0.6) is 11.5 Å². The monoisotopic (exact) mass is 399 g/mol. The lowest BCUT2D eigenvalue weighted by Gasteiger charge is -2.09. The molecule has 0 saturated heterocycles. The lowest BCUT2D eigenvalue weighted by Crippen LogP contribution is -2.13. The zero-order chi connectivity index (χ0) is 20.1. The highest BCUT2D eigenvalue weighted by Crippen LogP contribution is 2.24. The van der Waals surface area contributed by atoms with E-state index in [9.17, 15) is 13.2 Å². The first-order chi connectivity index (χ1) is 13.3. The van der Waals surface area contributed by atoms with Crippen LogP contribution < -0.4 is 14.8 Å². The summed E-state index contributed by atoms with van der Waals surface area (Å²) in [7, 11) is -3.72. The second-order valence-corrected chi connectivity index (χ2v) is 7.54. The van der Waals surface area contributed by atoms with Gasteiger partial charge >= 0.3 is 6.09 Å². The van der Waals surface area contributed by atoms with Crippen LogP contribution in [0.4, 0.5) is 16.3 Å². The molecule has 9 heteroatoms. The van der Waals surface area contributed by atoms with Crippen LogP contribution in [0.25, 0.3) is 0 Å². The second kappa shape index (κ2) is 7.97. The third-order valence-corrected chi connectivity index (χ3v) is 5.02. The van der Waals surface area contributed by atoms with E-state index in [4.69, 9.17) is 9.84 Å². The van der Waals surface area contributed by atoms with Crippen molar-refractivity contribution in [2.75, 3.05) is 10.0 Å². The number of benzene rings is 2. The van der Waals surface area contributed by atoms with Crippen LogP contribution in [0.2, 0.25) is 0 Å². The van der Waals surface area contributed by atoms with Crippen molar-refractivity contribution in [3.8, 4) is 11.5 Å². The molecule has 0 bridgehead atoms. The van der Waals surface area contributed by atoms with Gasteiger partial charge in [0.05, 0.1) is 11.1 Å². The summed E-state index contributed by atoms with van der Waals surface area (Å²) in [5, 5.41) is 10.9. The third-order valence-electron chi connectivity index (χ3n) is 3.65. The Labute approximate surface area is 161 Å². The Balaban J connectivity index is 1.66. The molecule has 3 rings (SSSR count). The number of nitrogens with zero attached hydrogens (tertiary/aromatic N) is 1. The van der Waals surface area contributed by atoms with Crippen molar-refractivity contribution in [1.82, 2.24) is 4.98 Å². The molecule has 144 valence electrons. The maximum absolute atomic E-state index is 12.4. The van der Waals surface area contributed by atoms with E-state index >= 15 is 0 Å². The summed E-state index contributed by atoms with van der Waals surface area (Å²) in [6, 6.07) is 15.9. The van der Waals surface area contributed by atoms with Crippen molar-refractivity contribution < 1.29 is 23.1 Å². The Morgan fingerprint density at radius 2 is 1.61 bits per heavy atom. The van der Waals surface area contributed by atoms with Crippen LogP contribution in [0, 0.1) is 6.92 Å². The summed E-state index contributed by atoms with van der Waals surface area (Å²) in [4.78, 5) is 14.8. The van der Waals surface area contributed by atoms with Gasteiger partial charge in [-0.05, 0) is 55.5 Å². The zero-order valence-corrected chi connectivity index (χ0v) is 15.6. The van der Waals surface area contributed by atoms with Gasteiger partial charge < -0.3 is 9.84 Å². The summed E-state index contributed by atoms with van der Waals surface area (Å²) in [5.74, 6) is 1.04. The molecule has 0 aliphatic rings. The predicted molar refractivity (Wildman–Crippen MR) is 104 cm³/mol. The Kier molecular flexibility index (Phi) is 5.46. The minimum atomic E-state index is -3.72. The van der Waals surface area contributed by atoms with Crippen LogP contribution in [-0.2, 0) is 10.0 Å². The van der Waals surface area contributed by atoms with Gasteiger partial charge in [-0.2, -0.15) is 0 Å². The summed E-state index contributed by atoms with van der Waals surface area (Å²) < 4.78 is 32.8. The van der Waals surface area contributed by atoms with Gasteiger partial charge in [-0.3, -0.25) is 10.0 Å². The van der Waals surface area contributed by atoms with Gasteiger partial charge in [0, 0.05) is 5.69 Å². The molecule has 1 amide bonds. The van der Waals surface area contributed by atoms with Crippen LogP contribution in [0.1, 0.15) is 5.56 Å². The van der Waals surface area contributed by atoms with Gasteiger partial charge in [0.25, 0.3) is 10.0 Å². The molecule has 3 N–H and O–H groups in total. The van der Waals surface area contributed by atoms with E-state index in [0.717, 1.165) is 5.56 Å². The van der Waals surface area contributed by atoms with Gasteiger partial charge in [0.15, 0.2) is 0 Å². The van der Waals surface area contributed by atoms with E-state index in [1.54, 1.807) is 42.5 Å². The summed E-state index contributed by atoms with van der Waals surface area (Å²) in [6.07, 6.45) is 0.234. The van der Waals surface area contributed by atoms with Crippen molar-refractivity contribution in [2.45, 2.75) is 11.8 Å². The van der Waals surface area contributed by atoms with E-state index in [1.807, 2.05) is 6.92 Å². The molecular weight excluding hydrogens is 382 g/mol. The first-order valence-corrected chi connectivity index (χ1v) is 9.63. The SMILES string of the molecule is Cc1ccc(S(=O)(=O)Nc2ccc(Oc3ccc(NC(=O)O)cc3)cn2)cc1. The minimum Gasteiger partial charge on any atom is -0.465 e. The number of carboxylic acid groups (broad SMARTS) is 1. The molecule has 2 aromatic carbocycles. The molecule has 0 spiro atoms. The minimum absolute atomic E-state index is 0.148. The molecule has 28 heavy (non-hydrogen) atoms. The van der Waals surface area contributed by atoms with Gasteiger partial charge in [0.1, 0.15) is 17.3 Å². The van der Waals surface area contributed by atoms with Crippen LogP contribution in [-0.4, -0.2) is 24.6 Å². The average molecular weight is 399 g/mol. The Bertz CT molecular complexity index is 1060. The summed E-state index contributed by atoms with van der Waals surface area (Å²) >= 11 is 0. The molecule has 0 saturated carbocycles. The number of pyridine rings is 1. The van der Waals surface area contributed by atoms with Crippen molar-refractivity contribution in [3.63, 3.8) is 0 Å². The first kappa shape index (κ1) is 19.2. The predicted octanol–water partition coefficient (Wildman–Crippen LogP) is 4.07. The number of nitrogens with one attached hydrogen (secondary N) is 2. The van der Waals surface area contributed by atoms with E-state index < -0.39 is 16.1 Å². The Hall–Kier alpha value is -3.59. The molecule has 1 aromatic heterocycles. The number of hydrogen-bond donors (Lipinski definition) is 3. The molecule has 0 aliphatic heterocycles. The molecule has 1 heterocycles. The number of sulfonamides is 1. The maximum atomic E-state index is 12.4. The van der Waals surface area contributed by atoms with Gasteiger partial charge in [-0.15, -0.1) is 0 Å². The second-order valence-electron chi connectivity index (χ2n) is 5.85.